The maximum absolute atomic E-state index is 12.8. The monoisotopic (exact) mass is 456 g/mol. The summed E-state index contributed by atoms with van der Waals surface area (Å²) in [6.07, 6.45) is 3.20. The molecule has 1 saturated heterocycles. The summed E-state index contributed by atoms with van der Waals surface area (Å²) >= 11 is 0. The summed E-state index contributed by atoms with van der Waals surface area (Å²) in [5, 5.41) is 18.2. The third-order valence-corrected chi connectivity index (χ3v) is 7.42. The van der Waals surface area contributed by atoms with Crippen LogP contribution in [-0.4, -0.2) is 53.4 Å². The Morgan fingerprint density at radius 3 is 2.62 bits per heavy atom. The van der Waals surface area contributed by atoms with Gasteiger partial charge in [-0.15, -0.1) is 5.10 Å². The van der Waals surface area contributed by atoms with E-state index in [1.807, 2.05) is 36.5 Å². The van der Waals surface area contributed by atoms with Gasteiger partial charge in [0, 0.05) is 12.1 Å². The first kappa shape index (κ1) is 22.6. The minimum absolute atomic E-state index is 0.0873. The first-order valence-corrected chi connectivity index (χ1v) is 12.2. The summed E-state index contributed by atoms with van der Waals surface area (Å²) in [7, 11) is -3.69. The highest BCUT2D eigenvalue weighted by Crippen LogP contribution is 2.25. The van der Waals surface area contributed by atoms with Crippen molar-refractivity contribution >= 4 is 10.0 Å². The van der Waals surface area contributed by atoms with Crippen LogP contribution in [0.15, 0.2) is 65.7 Å². The molecule has 3 aromatic rings. The van der Waals surface area contributed by atoms with Crippen LogP contribution in [0.2, 0.25) is 0 Å². The fourth-order valence-corrected chi connectivity index (χ4v) is 5.57. The minimum atomic E-state index is -3.69. The van der Waals surface area contributed by atoms with Crippen LogP contribution < -0.4 is 4.72 Å². The van der Waals surface area contributed by atoms with Gasteiger partial charge in [0.1, 0.15) is 5.69 Å². The molecule has 1 aliphatic heterocycles. The summed E-state index contributed by atoms with van der Waals surface area (Å²) in [6.45, 7) is 2.14. The van der Waals surface area contributed by atoms with E-state index in [1.165, 1.54) is 0 Å². The van der Waals surface area contributed by atoms with Gasteiger partial charge in [-0.25, -0.2) is 13.1 Å². The molecule has 170 valence electrons. The third kappa shape index (κ3) is 5.24. The second-order valence-corrected chi connectivity index (χ2v) is 9.75. The average molecular weight is 457 g/mol. The van der Waals surface area contributed by atoms with E-state index in [1.54, 1.807) is 35.9 Å². The number of nitrogens with zero attached hydrogens (tertiary/aromatic N) is 3. The van der Waals surface area contributed by atoms with Gasteiger partial charge in [0.2, 0.25) is 10.0 Å². The van der Waals surface area contributed by atoms with E-state index in [4.69, 9.17) is 4.74 Å². The van der Waals surface area contributed by atoms with Crippen molar-refractivity contribution in [3.63, 3.8) is 0 Å². The second kappa shape index (κ2) is 9.91. The quantitative estimate of drug-likeness (QED) is 0.540. The van der Waals surface area contributed by atoms with Crippen LogP contribution >= 0.6 is 0 Å². The molecule has 4 rings (SSSR count). The van der Waals surface area contributed by atoms with Gasteiger partial charge in [-0.05, 0) is 37.8 Å². The summed E-state index contributed by atoms with van der Waals surface area (Å²) in [5.74, 6) is 0. The molecule has 1 aromatic heterocycles. The Balaban J connectivity index is 1.34. The van der Waals surface area contributed by atoms with E-state index in [0.717, 1.165) is 11.3 Å². The van der Waals surface area contributed by atoms with Crippen molar-refractivity contribution in [2.24, 2.45) is 0 Å². The third-order valence-electron chi connectivity index (χ3n) is 5.77. The first-order valence-electron chi connectivity index (χ1n) is 10.8. The lowest BCUT2D eigenvalue weighted by Crippen LogP contribution is -2.51. The molecule has 2 N–H and O–H groups in total. The molecule has 8 nitrogen and oxygen atoms in total. The number of benzene rings is 2. The highest BCUT2D eigenvalue weighted by molar-refractivity contribution is 7.89. The highest BCUT2D eigenvalue weighted by atomic mass is 32.2. The molecule has 0 unspecified atom stereocenters. The van der Waals surface area contributed by atoms with Crippen molar-refractivity contribution in [2.45, 2.75) is 55.9 Å². The van der Waals surface area contributed by atoms with Crippen LogP contribution in [0.3, 0.4) is 0 Å². The maximum Gasteiger partial charge on any atom is 0.241 e. The van der Waals surface area contributed by atoms with E-state index in [9.17, 15) is 13.5 Å². The Bertz CT molecular complexity index is 1130. The van der Waals surface area contributed by atoms with Gasteiger partial charge in [-0.2, -0.15) is 0 Å². The van der Waals surface area contributed by atoms with Crippen LogP contribution in [0.5, 0.6) is 0 Å². The molecular weight excluding hydrogens is 428 g/mol. The van der Waals surface area contributed by atoms with Crippen molar-refractivity contribution in [3.05, 3.63) is 66.4 Å². The predicted molar refractivity (Wildman–Crippen MR) is 120 cm³/mol. The second-order valence-electron chi connectivity index (χ2n) is 8.07. The number of aromatic nitrogens is 3. The molecule has 3 atom stereocenters. The molecule has 0 radical (unpaired) electrons. The molecule has 0 saturated carbocycles. The number of rotatable bonds is 8. The molecule has 2 heterocycles. The van der Waals surface area contributed by atoms with Crippen molar-refractivity contribution in [2.75, 3.05) is 6.61 Å². The van der Waals surface area contributed by atoms with Gasteiger partial charge in [0.05, 0.1) is 35.9 Å². The van der Waals surface area contributed by atoms with Gasteiger partial charge < -0.3 is 9.84 Å². The van der Waals surface area contributed by atoms with Crippen LogP contribution in [-0.2, 0) is 21.3 Å². The van der Waals surface area contributed by atoms with Crippen LogP contribution in [0, 0.1) is 6.92 Å². The standard InChI is InChI=1S/C23H28N4O4S/c1-17-7-5-6-10-23(17)32(29,30)25-20-12-11-19(31-22(20)16-28)13-14-27-15-21(24-26-27)18-8-3-2-4-9-18/h2-10,15,19-20,22,25,28H,11-14,16H2,1H3/t19-,20-,22+/m0/s1. The van der Waals surface area contributed by atoms with Gasteiger partial charge in [0.25, 0.3) is 0 Å². The number of ether oxygens (including phenoxy) is 1. The van der Waals surface area contributed by atoms with E-state index < -0.39 is 22.2 Å². The number of aliphatic hydroxyl groups excluding tert-OH is 1. The van der Waals surface area contributed by atoms with E-state index in [-0.39, 0.29) is 17.6 Å². The van der Waals surface area contributed by atoms with Crippen LogP contribution in [0.25, 0.3) is 11.3 Å². The van der Waals surface area contributed by atoms with E-state index >= 15 is 0 Å². The summed E-state index contributed by atoms with van der Waals surface area (Å²) in [6, 6.07) is 16.2. The lowest BCUT2D eigenvalue weighted by atomic mass is 9.98. The fourth-order valence-electron chi connectivity index (χ4n) is 4.02. The van der Waals surface area contributed by atoms with Gasteiger partial charge in [-0.1, -0.05) is 53.7 Å². The SMILES string of the molecule is Cc1ccccc1S(=O)(=O)N[C@H]1CC[C@@H](CCn2cc(-c3ccccc3)nn2)O[C@@H]1CO. The van der Waals surface area contributed by atoms with Crippen LogP contribution in [0.4, 0.5) is 0 Å². The Morgan fingerprint density at radius 1 is 1.12 bits per heavy atom. The zero-order valence-electron chi connectivity index (χ0n) is 18.0. The molecule has 2 aromatic carbocycles. The molecule has 0 spiro atoms. The first-order chi connectivity index (χ1) is 15.5. The number of hydrogen-bond acceptors (Lipinski definition) is 6. The average Bonchev–Trinajstić information content (AvgIpc) is 3.28. The normalized spacial score (nSPS) is 21.5. The Labute approximate surface area is 188 Å². The zero-order chi connectivity index (χ0) is 22.6. The van der Waals surface area contributed by atoms with E-state index in [2.05, 4.69) is 15.0 Å². The molecule has 1 fully saturated rings. The molecule has 0 amide bonds. The largest absolute Gasteiger partial charge is 0.394 e. The molecular formula is C23H28N4O4S. The number of sulfonamides is 1. The molecule has 0 bridgehead atoms. The lowest BCUT2D eigenvalue weighted by molar-refractivity contribution is -0.0891. The topological polar surface area (TPSA) is 106 Å². The maximum atomic E-state index is 12.8. The minimum Gasteiger partial charge on any atom is -0.394 e. The zero-order valence-corrected chi connectivity index (χ0v) is 18.8. The highest BCUT2D eigenvalue weighted by Gasteiger charge is 2.34. The molecule has 0 aliphatic carbocycles. The lowest BCUT2D eigenvalue weighted by Gasteiger charge is -2.36. The van der Waals surface area contributed by atoms with Gasteiger partial charge in [0.15, 0.2) is 0 Å². The number of aliphatic hydroxyl groups is 1. The van der Waals surface area contributed by atoms with Crippen molar-refractivity contribution < 1.29 is 18.3 Å². The van der Waals surface area contributed by atoms with Crippen molar-refractivity contribution in [3.8, 4) is 11.3 Å². The smallest absolute Gasteiger partial charge is 0.241 e. The Kier molecular flexibility index (Phi) is 7.00. The molecule has 32 heavy (non-hydrogen) atoms. The number of hydrogen-bond donors (Lipinski definition) is 2. The van der Waals surface area contributed by atoms with Gasteiger partial charge in [-0.3, -0.25) is 4.68 Å². The Hall–Kier alpha value is -2.59. The van der Waals surface area contributed by atoms with Crippen LogP contribution in [0.1, 0.15) is 24.8 Å². The fraction of sp³-hybridized carbons (Fsp3) is 0.391. The number of aryl methyl sites for hydroxylation is 2. The van der Waals surface area contributed by atoms with Gasteiger partial charge >= 0.3 is 0 Å². The summed E-state index contributed by atoms with van der Waals surface area (Å²) in [5.41, 5.74) is 2.50. The number of nitrogens with one attached hydrogen (secondary N) is 1. The van der Waals surface area contributed by atoms with E-state index in [0.29, 0.717) is 31.4 Å². The predicted octanol–water partition coefficient (Wildman–Crippen LogP) is 2.53. The van der Waals surface area contributed by atoms with Crippen molar-refractivity contribution in [1.82, 2.24) is 19.7 Å². The van der Waals surface area contributed by atoms with Crippen molar-refractivity contribution in [1.29, 1.82) is 0 Å². The Morgan fingerprint density at radius 2 is 1.88 bits per heavy atom. The summed E-state index contributed by atoms with van der Waals surface area (Å²) in [4.78, 5) is 0.249. The molecule has 9 heteroatoms. The summed E-state index contributed by atoms with van der Waals surface area (Å²) < 4.78 is 36.2. The molecule has 1 aliphatic rings.